The Hall–Kier alpha value is -2.77. The minimum atomic E-state index is 0.0860. The molecule has 0 radical (unpaired) electrons. The predicted molar refractivity (Wildman–Crippen MR) is 114 cm³/mol. The highest BCUT2D eigenvalue weighted by molar-refractivity contribution is 6.06. The lowest BCUT2D eigenvalue weighted by atomic mass is 9.99. The van der Waals surface area contributed by atoms with Gasteiger partial charge >= 0.3 is 0 Å². The first-order chi connectivity index (χ1) is 14.7. The molecule has 0 unspecified atom stereocenters. The molecule has 3 aromatic rings. The van der Waals surface area contributed by atoms with Crippen LogP contribution >= 0.6 is 0 Å². The van der Waals surface area contributed by atoms with Crippen molar-refractivity contribution in [3.8, 4) is 0 Å². The molecule has 0 saturated carbocycles. The van der Waals surface area contributed by atoms with E-state index in [9.17, 15) is 4.79 Å². The lowest BCUT2D eigenvalue weighted by Gasteiger charge is -2.27. The summed E-state index contributed by atoms with van der Waals surface area (Å²) >= 11 is 0. The highest BCUT2D eigenvalue weighted by Gasteiger charge is 2.28. The van der Waals surface area contributed by atoms with Gasteiger partial charge in [-0.3, -0.25) is 19.4 Å². The lowest BCUT2D eigenvalue weighted by molar-refractivity contribution is 0.0304. The van der Waals surface area contributed by atoms with Crippen LogP contribution in [0.25, 0.3) is 10.9 Å². The third-order valence-electron chi connectivity index (χ3n) is 6.26. The van der Waals surface area contributed by atoms with Crippen molar-refractivity contribution in [3.05, 3.63) is 59.5 Å². The number of nitrogens with zero attached hydrogens (tertiary/aromatic N) is 5. The van der Waals surface area contributed by atoms with E-state index in [-0.39, 0.29) is 5.91 Å². The van der Waals surface area contributed by atoms with Crippen LogP contribution in [0.4, 0.5) is 0 Å². The van der Waals surface area contributed by atoms with Crippen molar-refractivity contribution >= 4 is 16.8 Å². The van der Waals surface area contributed by atoms with Gasteiger partial charge in [0.1, 0.15) is 0 Å². The predicted octanol–water partition coefficient (Wildman–Crippen LogP) is 2.43. The van der Waals surface area contributed by atoms with E-state index in [2.05, 4.69) is 16.1 Å². The van der Waals surface area contributed by atoms with Gasteiger partial charge < -0.3 is 9.64 Å². The standard InChI is InChI=1S/C23H27N5O2/c1-26-18(6-8-24-26)16-27-9-7-17(15-27)22-14-20(19-4-2-3-5-21(19)25-22)23(29)28-10-12-30-13-11-28/h2-6,8,14,17H,7,9-13,15-16H2,1H3/t17-/m1/s1. The van der Waals surface area contributed by atoms with Crippen LogP contribution in [0.3, 0.4) is 0 Å². The average molecular weight is 406 g/mol. The van der Waals surface area contributed by atoms with Crippen LogP contribution in [0.15, 0.2) is 42.6 Å². The topological polar surface area (TPSA) is 63.5 Å². The summed E-state index contributed by atoms with van der Waals surface area (Å²) in [5.74, 6) is 0.418. The van der Waals surface area contributed by atoms with Crippen molar-refractivity contribution in [1.82, 2.24) is 24.6 Å². The molecule has 2 saturated heterocycles. The Morgan fingerprint density at radius 3 is 2.80 bits per heavy atom. The van der Waals surface area contributed by atoms with Crippen LogP contribution in [0.2, 0.25) is 0 Å². The number of pyridine rings is 1. The first kappa shape index (κ1) is 19.2. The highest BCUT2D eigenvalue weighted by atomic mass is 16.5. The Bertz CT molecular complexity index is 1060. The monoisotopic (exact) mass is 405 g/mol. The molecule has 156 valence electrons. The van der Waals surface area contributed by atoms with Crippen LogP contribution in [0.1, 0.15) is 34.1 Å². The van der Waals surface area contributed by atoms with Crippen molar-refractivity contribution in [2.45, 2.75) is 18.9 Å². The van der Waals surface area contributed by atoms with Crippen molar-refractivity contribution < 1.29 is 9.53 Å². The van der Waals surface area contributed by atoms with Gasteiger partial charge in [0.05, 0.1) is 30.0 Å². The molecule has 1 aromatic carbocycles. The van der Waals surface area contributed by atoms with E-state index in [1.165, 1.54) is 5.69 Å². The fourth-order valence-electron chi connectivity index (χ4n) is 4.52. The number of carbonyl (C=O) groups is 1. The highest BCUT2D eigenvalue weighted by Crippen LogP contribution is 2.30. The maximum absolute atomic E-state index is 13.3. The minimum Gasteiger partial charge on any atom is -0.378 e. The van der Waals surface area contributed by atoms with Crippen molar-refractivity contribution in [2.24, 2.45) is 7.05 Å². The Kier molecular flexibility index (Phi) is 5.23. The number of hydrogen-bond donors (Lipinski definition) is 0. The van der Waals surface area contributed by atoms with E-state index >= 15 is 0 Å². The zero-order chi connectivity index (χ0) is 20.5. The van der Waals surface area contributed by atoms with Crippen molar-refractivity contribution in [2.75, 3.05) is 39.4 Å². The number of likely N-dealkylation sites (tertiary alicyclic amines) is 1. The lowest BCUT2D eigenvalue weighted by Crippen LogP contribution is -2.40. The van der Waals surface area contributed by atoms with E-state index < -0.39 is 0 Å². The summed E-state index contributed by atoms with van der Waals surface area (Å²) in [4.78, 5) is 22.6. The van der Waals surface area contributed by atoms with Gasteiger partial charge in [0.2, 0.25) is 0 Å². The molecule has 4 heterocycles. The summed E-state index contributed by atoms with van der Waals surface area (Å²) in [6, 6.07) is 12.1. The molecular formula is C23H27N5O2. The smallest absolute Gasteiger partial charge is 0.254 e. The molecule has 0 bridgehead atoms. The Labute approximate surface area is 176 Å². The van der Waals surface area contributed by atoms with E-state index in [4.69, 9.17) is 9.72 Å². The number of morpholine rings is 1. The van der Waals surface area contributed by atoms with Crippen molar-refractivity contribution in [1.29, 1.82) is 0 Å². The summed E-state index contributed by atoms with van der Waals surface area (Å²) in [7, 11) is 1.98. The molecule has 1 atom stereocenters. The molecule has 2 aliphatic rings. The number of fused-ring (bicyclic) bond motifs is 1. The van der Waals surface area contributed by atoms with Crippen LogP contribution in [-0.4, -0.2) is 69.9 Å². The number of ether oxygens (including phenoxy) is 1. The molecule has 0 spiro atoms. The molecule has 2 aliphatic heterocycles. The second kappa shape index (κ2) is 8.16. The largest absolute Gasteiger partial charge is 0.378 e. The van der Waals surface area contributed by atoms with Crippen molar-refractivity contribution in [3.63, 3.8) is 0 Å². The maximum Gasteiger partial charge on any atom is 0.254 e. The molecule has 0 aliphatic carbocycles. The number of aromatic nitrogens is 3. The number of hydrogen-bond acceptors (Lipinski definition) is 5. The van der Waals surface area contributed by atoms with Gasteiger partial charge in [0, 0.05) is 56.4 Å². The quantitative estimate of drug-likeness (QED) is 0.667. The van der Waals surface area contributed by atoms with E-state index in [1.807, 2.05) is 53.2 Å². The molecule has 0 N–H and O–H groups in total. The third-order valence-corrected chi connectivity index (χ3v) is 6.26. The van der Waals surface area contributed by atoms with Gasteiger partial charge in [-0.2, -0.15) is 5.10 Å². The molecule has 30 heavy (non-hydrogen) atoms. The summed E-state index contributed by atoms with van der Waals surface area (Å²) in [5.41, 5.74) is 3.90. The summed E-state index contributed by atoms with van der Waals surface area (Å²) in [5, 5.41) is 5.20. The van der Waals surface area contributed by atoms with Gasteiger partial charge in [-0.05, 0) is 31.2 Å². The first-order valence-electron chi connectivity index (χ1n) is 10.6. The number of amides is 1. The molecule has 2 fully saturated rings. The van der Waals surface area contributed by atoms with E-state index in [0.717, 1.165) is 48.2 Å². The molecule has 7 heteroatoms. The Morgan fingerprint density at radius 1 is 1.17 bits per heavy atom. The fraction of sp³-hybridized carbons (Fsp3) is 0.435. The van der Waals surface area contributed by atoms with Crippen LogP contribution in [0.5, 0.6) is 0 Å². The second-order valence-corrected chi connectivity index (χ2v) is 8.18. The van der Waals surface area contributed by atoms with Gasteiger partial charge in [-0.15, -0.1) is 0 Å². The van der Waals surface area contributed by atoms with Gasteiger partial charge in [-0.25, -0.2) is 0 Å². The third kappa shape index (κ3) is 3.70. The maximum atomic E-state index is 13.3. The zero-order valence-corrected chi connectivity index (χ0v) is 17.3. The van der Waals surface area contributed by atoms with Gasteiger partial charge in [-0.1, -0.05) is 18.2 Å². The minimum absolute atomic E-state index is 0.0860. The summed E-state index contributed by atoms with van der Waals surface area (Å²) in [6.07, 6.45) is 2.89. The molecule has 5 rings (SSSR count). The van der Waals surface area contributed by atoms with Gasteiger partial charge in [0.15, 0.2) is 0 Å². The fourth-order valence-corrected chi connectivity index (χ4v) is 4.52. The Morgan fingerprint density at radius 2 is 2.00 bits per heavy atom. The number of rotatable bonds is 4. The zero-order valence-electron chi connectivity index (χ0n) is 17.3. The molecule has 1 amide bonds. The first-order valence-corrected chi connectivity index (χ1v) is 10.6. The molecule has 2 aromatic heterocycles. The summed E-state index contributed by atoms with van der Waals surface area (Å²) < 4.78 is 7.35. The molecular weight excluding hydrogens is 378 g/mol. The van der Waals surface area contributed by atoms with Crippen LogP contribution < -0.4 is 0 Å². The normalized spacial score (nSPS) is 20.2. The van der Waals surface area contributed by atoms with Crippen LogP contribution in [0, 0.1) is 0 Å². The SMILES string of the molecule is Cn1nccc1CN1CC[C@@H](c2cc(C(=O)N3CCOCC3)c3ccccc3n2)C1. The second-order valence-electron chi connectivity index (χ2n) is 8.18. The summed E-state index contributed by atoms with van der Waals surface area (Å²) in [6.45, 7) is 5.36. The number of carbonyl (C=O) groups excluding carboxylic acids is 1. The number of benzene rings is 1. The van der Waals surface area contributed by atoms with E-state index in [1.54, 1.807) is 0 Å². The number of aryl methyl sites for hydroxylation is 1. The number of para-hydroxylation sites is 1. The van der Waals surface area contributed by atoms with Gasteiger partial charge in [0.25, 0.3) is 5.91 Å². The average Bonchev–Trinajstić information content (AvgIpc) is 3.42. The van der Waals surface area contributed by atoms with E-state index in [0.29, 0.717) is 32.2 Å². The Balaban J connectivity index is 1.42. The molecule has 7 nitrogen and oxygen atoms in total. The van der Waals surface area contributed by atoms with Crippen LogP contribution in [-0.2, 0) is 18.3 Å².